The number of anilines is 5. The molecular formula is C48H42N2. The average molecular weight is 647 g/mol. The lowest BCUT2D eigenvalue weighted by atomic mass is 9.79. The van der Waals surface area contributed by atoms with Crippen molar-refractivity contribution >= 4 is 28.4 Å². The lowest BCUT2D eigenvalue weighted by Gasteiger charge is -2.33. The standard InChI is InChI=1S/C48H42N2/c1-47(2)43-29-37(49(33-17-9-5-10-18-33)34-19-11-6-12-20-34)25-27-39(43)41-32-46-42(31-45(41)47)40-28-26-38(30-44(40)48(46,3)4)50(35-21-13-7-14-22-35)36-23-15-8-16-24-36/h5-23,25-32,36H,24H2,1-4H3. The number of hydrogen-bond acceptors (Lipinski definition) is 2. The highest BCUT2D eigenvalue weighted by molar-refractivity contribution is 5.92. The van der Waals surface area contributed by atoms with Gasteiger partial charge in [0.15, 0.2) is 0 Å². The molecule has 0 fully saturated rings. The van der Waals surface area contributed by atoms with Gasteiger partial charge in [-0.15, -0.1) is 0 Å². The van der Waals surface area contributed by atoms with Crippen LogP contribution in [0.25, 0.3) is 22.3 Å². The van der Waals surface area contributed by atoms with E-state index >= 15 is 0 Å². The summed E-state index contributed by atoms with van der Waals surface area (Å²) >= 11 is 0. The van der Waals surface area contributed by atoms with Crippen molar-refractivity contribution in [3.05, 3.63) is 186 Å². The Morgan fingerprint density at radius 2 is 0.900 bits per heavy atom. The molecule has 244 valence electrons. The van der Waals surface area contributed by atoms with Crippen LogP contribution < -0.4 is 9.80 Å². The molecule has 50 heavy (non-hydrogen) atoms. The third-order valence-electron chi connectivity index (χ3n) is 11.3. The first-order chi connectivity index (χ1) is 24.3. The second kappa shape index (κ2) is 11.5. The zero-order valence-electron chi connectivity index (χ0n) is 29.3. The van der Waals surface area contributed by atoms with Crippen LogP contribution >= 0.6 is 0 Å². The van der Waals surface area contributed by atoms with Crippen molar-refractivity contribution in [2.75, 3.05) is 9.80 Å². The van der Waals surface area contributed by atoms with Gasteiger partial charge in [0.2, 0.25) is 0 Å². The van der Waals surface area contributed by atoms with E-state index in [4.69, 9.17) is 0 Å². The zero-order chi connectivity index (χ0) is 34.0. The van der Waals surface area contributed by atoms with E-state index in [2.05, 4.69) is 201 Å². The Hall–Kier alpha value is -5.60. The van der Waals surface area contributed by atoms with Crippen LogP contribution in [-0.4, -0.2) is 6.04 Å². The van der Waals surface area contributed by atoms with Gasteiger partial charge in [0.25, 0.3) is 0 Å². The molecule has 0 amide bonds. The molecule has 0 saturated carbocycles. The summed E-state index contributed by atoms with van der Waals surface area (Å²) < 4.78 is 0. The second-order valence-corrected chi connectivity index (χ2v) is 15.0. The Balaban J connectivity index is 1.14. The van der Waals surface area contributed by atoms with Crippen molar-refractivity contribution in [3.63, 3.8) is 0 Å². The fourth-order valence-electron chi connectivity index (χ4n) is 8.71. The summed E-state index contributed by atoms with van der Waals surface area (Å²) in [6.07, 6.45) is 9.93. The lowest BCUT2D eigenvalue weighted by molar-refractivity contribution is 0.651. The van der Waals surface area contributed by atoms with Crippen LogP contribution in [0, 0.1) is 0 Å². The molecule has 9 rings (SSSR count). The maximum Gasteiger partial charge on any atom is 0.0559 e. The molecule has 1 unspecified atom stereocenters. The highest BCUT2D eigenvalue weighted by Crippen LogP contribution is 2.57. The molecular weight excluding hydrogens is 605 g/mol. The van der Waals surface area contributed by atoms with Crippen molar-refractivity contribution < 1.29 is 0 Å². The molecule has 2 nitrogen and oxygen atoms in total. The molecule has 2 heteroatoms. The van der Waals surface area contributed by atoms with Gasteiger partial charge in [-0.2, -0.15) is 0 Å². The van der Waals surface area contributed by atoms with Gasteiger partial charge in [0.1, 0.15) is 0 Å². The first-order valence-corrected chi connectivity index (χ1v) is 17.9. The number of nitrogens with zero attached hydrogens (tertiary/aromatic N) is 2. The van der Waals surface area contributed by atoms with Crippen LogP contribution in [0.4, 0.5) is 28.4 Å². The minimum Gasteiger partial charge on any atom is -0.334 e. The highest BCUT2D eigenvalue weighted by atomic mass is 15.2. The van der Waals surface area contributed by atoms with Gasteiger partial charge in [-0.3, -0.25) is 0 Å². The second-order valence-electron chi connectivity index (χ2n) is 15.0. The summed E-state index contributed by atoms with van der Waals surface area (Å²) in [5.74, 6) is 0. The monoisotopic (exact) mass is 646 g/mol. The molecule has 3 aliphatic carbocycles. The molecule has 0 N–H and O–H groups in total. The SMILES string of the molecule is CC1(C)c2cc(N(c3ccccc3)c3ccccc3)ccc2-c2cc3c(cc21)-c1ccc(N(c2ccccc2)C2C=CC=CC2)cc1C3(C)C. The molecule has 6 aromatic carbocycles. The van der Waals surface area contributed by atoms with Gasteiger partial charge in [0, 0.05) is 39.3 Å². The third-order valence-corrected chi connectivity index (χ3v) is 11.3. The van der Waals surface area contributed by atoms with Crippen molar-refractivity contribution in [1.82, 2.24) is 0 Å². The molecule has 6 aromatic rings. The van der Waals surface area contributed by atoms with Crippen molar-refractivity contribution in [2.45, 2.75) is 51.0 Å². The van der Waals surface area contributed by atoms with E-state index in [9.17, 15) is 0 Å². The Labute approximate surface area is 296 Å². The maximum atomic E-state index is 2.52. The molecule has 0 aromatic heterocycles. The predicted molar refractivity (Wildman–Crippen MR) is 212 cm³/mol. The summed E-state index contributed by atoms with van der Waals surface area (Å²) in [6, 6.07) is 51.8. The number of rotatable bonds is 6. The lowest BCUT2D eigenvalue weighted by Crippen LogP contribution is -2.30. The van der Waals surface area contributed by atoms with Gasteiger partial charge in [-0.05, 0) is 124 Å². The highest BCUT2D eigenvalue weighted by Gasteiger charge is 2.42. The first kappa shape index (κ1) is 30.5. The van der Waals surface area contributed by atoms with Crippen LogP contribution in [-0.2, 0) is 10.8 Å². The average Bonchev–Trinajstić information content (AvgIpc) is 3.51. The molecule has 0 heterocycles. The van der Waals surface area contributed by atoms with E-state index < -0.39 is 0 Å². The van der Waals surface area contributed by atoms with Crippen LogP contribution in [0.1, 0.15) is 56.4 Å². The zero-order valence-corrected chi connectivity index (χ0v) is 29.3. The molecule has 0 radical (unpaired) electrons. The fourth-order valence-corrected chi connectivity index (χ4v) is 8.71. The van der Waals surface area contributed by atoms with Gasteiger partial charge < -0.3 is 9.80 Å². The Kier molecular flexibility index (Phi) is 7.00. The summed E-state index contributed by atoms with van der Waals surface area (Å²) in [6.45, 7) is 9.62. The topological polar surface area (TPSA) is 6.48 Å². The molecule has 3 aliphatic rings. The van der Waals surface area contributed by atoms with E-state index in [0.29, 0.717) is 0 Å². The normalized spacial score (nSPS) is 17.1. The molecule has 0 aliphatic heterocycles. The van der Waals surface area contributed by atoms with E-state index in [1.807, 2.05) is 0 Å². The van der Waals surface area contributed by atoms with E-state index in [1.165, 1.54) is 61.6 Å². The Morgan fingerprint density at radius 1 is 0.440 bits per heavy atom. The number of para-hydroxylation sites is 3. The fraction of sp³-hybridized carbons (Fsp3) is 0.167. The van der Waals surface area contributed by atoms with Crippen LogP contribution in [0.5, 0.6) is 0 Å². The minimum absolute atomic E-state index is 0.134. The van der Waals surface area contributed by atoms with E-state index in [1.54, 1.807) is 0 Å². The number of benzene rings is 6. The largest absolute Gasteiger partial charge is 0.334 e. The third kappa shape index (κ3) is 4.70. The van der Waals surface area contributed by atoms with Gasteiger partial charge >= 0.3 is 0 Å². The molecule has 0 spiro atoms. The number of hydrogen-bond donors (Lipinski definition) is 0. The van der Waals surface area contributed by atoms with Crippen LogP contribution in [0.15, 0.2) is 164 Å². The first-order valence-electron chi connectivity index (χ1n) is 17.9. The number of allylic oxidation sites excluding steroid dienone is 2. The quantitative estimate of drug-likeness (QED) is 0.178. The Morgan fingerprint density at radius 3 is 1.40 bits per heavy atom. The van der Waals surface area contributed by atoms with Crippen LogP contribution in [0.3, 0.4) is 0 Å². The van der Waals surface area contributed by atoms with Crippen molar-refractivity contribution in [3.8, 4) is 22.3 Å². The summed E-state index contributed by atoms with van der Waals surface area (Å²) in [7, 11) is 0. The maximum absolute atomic E-state index is 2.52. The van der Waals surface area contributed by atoms with E-state index in [-0.39, 0.29) is 16.9 Å². The summed E-state index contributed by atoms with van der Waals surface area (Å²) in [4.78, 5) is 4.87. The molecule has 0 bridgehead atoms. The summed E-state index contributed by atoms with van der Waals surface area (Å²) in [5, 5.41) is 0. The smallest absolute Gasteiger partial charge is 0.0559 e. The summed E-state index contributed by atoms with van der Waals surface area (Å²) in [5.41, 5.74) is 16.7. The van der Waals surface area contributed by atoms with Crippen LogP contribution in [0.2, 0.25) is 0 Å². The number of fused-ring (bicyclic) bond motifs is 6. The minimum atomic E-state index is -0.146. The molecule has 1 atom stereocenters. The van der Waals surface area contributed by atoms with E-state index in [0.717, 1.165) is 17.8 Å². The molecule has 0 saturated heterocycles. The van der Waals surface area contributed by atoms with Gasteiger partial charge in [-0.25, -0.2) is 0 Å². The van der Waals surface area contributed by atoms with Gasteiger partial charge in [0.05, 0.1) is 6.04 Å². The van der Waals surface area contributed by atoms with Crippen molar-refractivity contribution in [1.29, 1.82) is 0 Å². The predicted octanol–water partition coefficient (Wildman–Crippen LogP) is 12.8. The Bertz CT molecular complexity index is 2260. The van der Waals surface area contributed by atoms with Gasteiger partial charge in [-0.1, -0.05) is 119 Å². The van der Waals surface area contributed by atoms with Crippen molar-refractivity contribution in [2.24, 2.45) is 0 Å².